The van der Waals surface area contributed by atoms with Gasteiger partial charge in [0.2, 0.25) is 0 Å². The van der Waals surface area contributed by atoms with E-state index in [0.717, 1.165) is 42.6 Å². The van der Waals surface area contributed by atoms with E-state index in [4.69, 9.17) is 5.73 Å². The third-order valence-electron chi connectivity index (χ3n) is 5.33. The highest BCUT2D eigenvalue weighted by molar-refractivity contribution is 6.22. The molecule has 1 heterocycles. The second-order valence-corrected chi connectivity index (χ2v) is 7.13. The quantitative estimate of drug-likeness (QED) is 0.650. The number of nitrogens with two attached hydrogens (primary N) is 1. The number of fused-ring (bicyclic) bond motifs is 1. The monoisotopic (exact) mass is 349 g/mol. The Bertz CT molecular complexity index is 839. The molecule has 1 aliphatic carbocycles. The van der Waals surface area contributed by atoms with Gasteiger partial charge in [-0.3, -0.25) is 14.5 Å². The van der Waals surface area contributed by atoms with Crippen LogP contribution in [0.15, 0.2) is 42.5 Å². The van der Waals surface area contributed by atoms with Gasteiger partial charge in [0.25, 0.3) is 11.8 Å². The summed E-state index contributed by atoms with van der Waals surface area (Å²) in [6.07, 6.45) is 5.22. The molecule has 4 rings (SSSR count). The topological polar surface area (TPSA) is 75.4 Å². The summed E-state index contributed by atoms with van der Waals surface area (Å²) in [6.45, 7) is 0.632. The van der Waals surface area contributed by atoms with Gasteiger partial charge in [-0.1, -0.05) is 31.4 Å². The Kier molecular flexibility index (Phi) is 4.37. The minimum atomic E-state index is -0.145. The van der Waals surface area contributed by atoms with Gasteiger partial charge in [-0.25, -0.2) is 0 Å². The molecule has 26 heavy (non-hydrogen) atoms. The van der Waals surface area contributed by atoms with Crippen LogP contribution in [0, 0.1) is 0 Å². The van der Waals surface area contributed by atoms with Crippen LogP contribution in [0.3, 0.4) is 0 Å². The molecule has 2 aromatic carbocycles. The van der Waals surface area contributed by atoms with E-state index in [1.807, 2.05) is 30.3 Å². The van der Waals surface area contributed by atoms with Crippen LogP contribution >= 0.6 is 0 Å². The van der Waals surface area contributed by atoms with Gasteiger partial charge in [-0.15, -0.1) is 0 Å². The van der Waals surface area contributed by atoms with Crippen LogP contribution in [0.25, 0.3) is 0 Å². The molecule has 5 heteroatoms. The highest BCUT2D eigenvalue weighted by atomic mass is 16.2. The number of anilines is 2. The number of nitrogen functional groups attached to an aromatic ring is 1. The van der Waals surface area contributed by atoms with Crippen molar-refractivity contribution in [2.24, 2.45) is 0 Å². The molecule has 0 radical (unpaired) electrons. The molecular weight excluding hydrogens is 326 g/mol. The van der Waals surface area contributed by atoms with Gasteiger partial charge in [-0.2, -0.15) is 0 Å². The van der Waals surface area contributed by atoms with Crippen molar-refractivity contribution in [3.05, 3.63) is 59.2 Å². The molecule has 0 saturated heterocycles. The molecule has 0 bridgehead atoms. The first-order valence-electron chi connectivity index (χ1n) is 9.24. The van der Waals surface area contributed by atoms with E-state index in [1.165, 1.54) is 11.3 Å². The van der Waals surface area contributed by atoms with E-state index in [9.17, 15) is 9.59 Å². The number of nitrogens with zero attached hydrogens (tertiary/aromatic N) is 1. The molecule has 3 N–H and O–H groups in total. The van der Waals surface area contributed by atoms with Crippen molar-refractivity contribution in [3.63, 3.8) is 0 Å². The number of nitrogens with one attached hydrogen (secondary N) is 1. The summed E-state index contributed by atoms with van der Waals surface area (Å²) < 4.78 is 0. The Balaban J connectivity index is 1.51. The van der Waals surface area contributed by atoms with Crippen LogP contribution in [0.2, 0.25) is 0 Å². The van der Waals surface area contributed by atoms with Gasteiger partial charge < -0.3 is 11.1 Å². The van der Waals surface area contributed by atoms with Crippen LogP contribution in [-0.2, 0) is 6.54 Å². The normalized spacial score (nSPS) is 17.5. The summed E-state index contributed by atoms with van der Waals surface area (Å²) in [7, 11) is 0. The standard InChI is InChI=1S/C21H23N3O2/c22-15-8-6-14(7-9-15)13-23-16-10-11-18-19(12-16)21(26)24(20(18)25)17-4-2-1-3-5-17/h6-12,17,23H,1-5,13,22H2. The van der Waals surface area contributed by atoms with E-state index in [2.05, 4.69) is 5.32 Å². The number of carbonyl (C=O) groups excluding carboxylic acids is 2. The molecule has 0 unspecified atom stereocenters. The zero-order valence-corrected chi connectivity index (χ0v) is 14.7. The lowest BCUT2D eigenvalue weighted by Crippen LogP contribution is -2.40. The highest BCUT2D eigenvalue weighted by Gasteiger charge is 2.40. The fourth-order valence-corrected chi connectivity index (χ4v) is 3.88. The Labute approximate surface area is 153 Å². The van der Waals surface area contributed by atoms with Gasteiger partial charge in [0.1, 0.15) is 0 Å². The maximum atomic E-state index is 12.8. The zero-order valence-electron chi connectivity index (χ0n) is 14.7. The zero-order chi connectivity index (χ0) is 18.1. The fraction of sp³-hybridized carbons (Fsp3) is 0.333. The molecule has 2 aliphatic rings. The predicted molar refractivity (Wildman–Crippen MR) is 102 cm³/mol. The van der Waals surface area contributed by atoms with Crippen molar-refractivity contribution in [2.45, 2.75) is 44.7 Å². The second kappa shape index (κ2) is 6.83. The lowest BCUT2D eigenvalue weighted by molar-refractivity contribution is 0.0549. The highest BCUT2D eigenvalue weighted by Crippen LogP contribution is 2.32. The minimum absolute atomic E-state index is 0.0577. The molecule has 2 aromatic rings. The number of hydrogen-bond donors (Lipinski definition) is 2. The van der Waals surface area contributed by atoms with Crippen molar-refractivity contribution in [3.8, 4) is 0 Å². The lowest BCUT2D eigenvalue weighted by Gasteiger charge is -2.29. The van der Waals surface area contributed by atoms with Crippen molar-refractivity contribution < 1.29 is 9.59 Å². The molecule has 5 nitrogen and oxygen atoms in total. The molecule has 1 aliphatic heterocycles. The van der Waals surface area contributed by atoms with E-state index in [1.54, 1.807) is 12.1 Å². The van der Waals surface area contributed by atoms with E-state index in [-0.39, 0.29) is 17.9 Å². The summed E-state index contributed by atoms with van der Waals surface area (Å²) in [4.78, 5) is 27.0. The minimum Gasteiger partial charge on any atom is -0.399 e. The number of benzene rings is 2. The Morgan fingerprint density at radius 2 is 1.62 bits per heavy atom. The fourth-order valence-electron chi connectivity index (χ4n) is 3.88. The van der Waals surface area contributed by atoms with Crippen LogP contribution in [0.4, 0.5) is 11.4 Å². The molecule has 2 amide bonds. The van der Waals surface area contributed by atoms with Crippen LogP contribution in [-0.4, -0.2) is 22.8 Å². The number of imide groups is 1. The maximum Gasteiger partial charge on any atom is 0.261 e. The number of carbonyl (C=O) groups is 2. The van der Waals surface area contributed by atoms with Crippen molar-refractivity contribution in [2.75, 3.05) is 11.1 Å². The number of hydrogen-bond acceptors (Lipinski definition) is 4. The molecule has 0 aromatic heterocycles. The largest absolute Gasteiger partial charge is 0.399 e. The van der Waals surface area contributed by atoms with Gasteiger partial charge in [0.15, 0.2) is 0 Å². The van der Waals surface area contributed by atoms with Gasteiger partial charge >= 0.3 is 0 Å². The second-order valence-electron chi connectivity index (χ2n) is 7.13. The Morgan fingerprint density at radius 3 is 2.35 bits per heavy atom. The average molecular weight is 349 g/mol. The third kappa shape index (κ3) is 3.05. The molecule has 0 spiro atoms. The first-order valence-corrected chi connectivity index (χ1v) is 9.24. The summed E-state index contributed by atoms with van der Waals surface area (Å²) in [5.74, 6) is -0.282. The maximum absolute atomic E-state index is 12.8. The van der Waals surface area contributed by atoms with Crippen LogP contribution in [0.1, 0.15) is 58.4 Å². The van der Waals surface area contributed by atoms with E-state index >= 15 is 0 Å². The summed E-state index contributed by atoms with van der Waals surface area (Å²) in [6, 6.07) is 13.2. The summed E-state index contributed by atoms with van der Waals surface area (Å²) in [5.41, 5.74) is 9.42. The molecule has 134 valence electrons. The smallest absolute Gasteiger partial charge is 0.261 e. The summed E-state index contributed by atoms with van der Waals surface area (Å²) in [5, 5.41) is 3.32. The van der Waals surface area contributed by atoms with Gasteiger partial charge in [-0.05, 0) is 48.7 Å². The molecule has 1 saturated carbocycles. The van der Waals surface area contributed by atoms with Gasteiger partial charge in [0, 0.05) is 24.0 Å². The predicted octanol–water partition coefficient (Wildman–Crippen LogP) is 3.81. The average Bonchev–Trinajstić information content (AvgIpc) is 2.92. The number of rotatable bonds is 4. The third-order valence-corrected chi connectivity index (χ3v) is 5.33. The number of amides is 2. The van der Waals surface area contributed by atoms with Crippen molar-refractivity contribution in [1.82, 2.24) is 4.90 Å². The molecule has 0 atom stereocenters. The van der Waals surface area contributed by atoms with E-state index in [0.29, 0.717) is 17.7 Å². The van der Waals surface area contributed by atoms with Gasteiger partial charge in [0.05, 0.1) is 11.1 Å². The summed E-state index contributed by atoms with van der Waals surface area (Å²) >= 11 is 0. The van der Waals surface area contributed by atoms with E-state index < -0.39 is 0 Å². The molecule has 1 fully saturated rings. The SMILES string of the molecule is Nc1ccc(CNc2ccc3c(c2)C(=O)N(C2CCCCC2)C3=O)cc1. The first-order chi connectivity index (χ1) is 12.6. The van der Waals surface area contributed by atoms with Crippen LogP contribution in [0.5, 0.6) is 0 Å². The van der Waals surface area contributed by atoms with Crippen LogP contribution < -0.4 is 11.1 Å². The van der Waals surface area contributed by atoms with Crippen molar-refractivity contribution in [1.29, 1.82) is 0 Å². The first kappa shape index (κ1) is 16.6. The molecular formula is C21H23N3O2. The Morgan fingerprint density at radius 1 is 0.923 bits per heavy atom. The Hall–Kier alpha value is -2.82. The lowest BCUT2D eigenvalue weighted by atomic mass is 9.94. The van der Waals surface area contributed by atoms with Crippen molar-refractivity contribution >= 4 is 23.2 Å².